The Bertz CT molecular complexity index is 955. The van der Waals surface area contributed by atoms with Gasteiger partial charge < -0.3 is 4.74 Å². The molecule has 2 aromatic carbocycles. The quantitative estimate of drug-likeness (QED) is 0.329. The van der Waals surface area contributed by atoms with Crippen LogP contribution in [0.3, 0.4) is 0 Å². The predicted molar refractivity (Wildman–Crippen MR) is 99.2 cm³/mol. The van der Waals surface area contributed by atoms with E-state index >= 15 is 0 Å². The first-order chi connectivity index (χ1) is 13.4. The van der Waals surface area contributed by atoms with Crippen LogP contribution in [-0.4, -0.2) is 40.1 Å². The van der Waals surface area contributed by atoms with E-state index in [0.29, 0.717) is 18.6 Å². The molecule has 0 saturated heterocycles. The molecule has 1 aliphatic rings. The van der Waals surface area contributed by atoms with E-state index in [-0.39, 0.29) is 16.8 Å². The second kappa shape index (κ2) is 7.99. The lowest BCUT2D eigenvalue weighted by molar-refractivity contribution is -0.384. The van der Waals surface area contributed by atoms with Crippen LogP contribution in [0.5, 0.6) is 5.75 Å². The number of para-hydroxylation sites is 1. The fraction of sp³-hybridized carbons (Fsp3) is 0.250. The molecule has 1 aliphatic heterocycles. The van der Waals surface area contributed by atoms with Crippen molar-refractivity contribution in [3.63, 3.8) is 0 Å². The molecule has 1 atom stereocenters. The molecule has 8 heteroatoms. The first kappa shape index (κ1) is 19.2. The number of fused-ring (bicyclic) bond motifs is 1. The number of ether oxygens (including phenoxy) is 1. The van der Waals surface area contributed by atoms with E-state index in [4.69, 9.17) is 4.74 Å². The Morgan fingerprint density at radius 2 is 1.93 bits per heavy atom. The van der Waals surface area contributed by atoms with Crippen LogP contribution in [0.25, 0.3) is 0 Å². The van der Waals surface area contributed by atoms with Gasteiger partial charge >= 0.3 is 0 Å². The number of carbonyl (C=O) groups is 3. The van der Waals surface area contributed by atoms with Gasteiger partial charge in [0, 0.05) is 17.7 Å². The number of ketones is 1. The Kier molecular flexibility index (Phi) is 5.49. The van der Waals surface area contributed by atoms with Gasteiger partial charge in [-0.15, -0.1) is 0 Å². The normalized spacial score (nSPS) is 16.2. The minimum absolute atomic E-state index is 0.0558. The molecule has 0 aromatic heterocycles. The monoisotopic (exact) mass is 382 g/mol. The molecule has 0 radical (unpaired) electrons. The second-order valence-corrected chi connectivity index (χ2v) is 6.35. The van der Waals surface area contributed by atoms with Gasteiger partial charge in [0.05, 0.1) is 17.0 Å². The van der Waals surface area contributed by atoms with E-state index in [1.807, 2.05) is 6.92 Å². The molecular weight excluding hydrogens is 364 g/mol. The summed E-state index contributed by atoms with van der Waals surface area (Å²) >= 11 is 0. The molecular formula is C20H18N2O6. The SMILES string of the molecule is CCCC1Oc2ccccc2C(=O)N(CC(=O)c2cccc([N+](=O)[O-])c2)C1=O. The summed E-state index contributed by atoms with van der Waals surface area (Å²) < 4.78 is 5.74. The lowest BCUT2D eigenvalue weighted by atomic mass is 10.1. The van der Waals surface area contributed by atoms with Gasteiger partial charge in [-0.25, -0.2) is 0 Å². The van der Waals surface area contributed by atoms with E-state index < -0.39 is 35.2 Å². The lowest BCUT2D eigenvalue weighted by Gasteiger charge is -2.21. The summed E-state index contributed by atoms with van der Waals surface area (Å²) in [6.07, 6.45) is 0.164. The van der Waals surface area contributed by atoms with Crippen molar-refractivity contribution in [1.29, 1.82) is 0 Å². The molecule has 144 valence electrons. The van der Waals surface area contributed by atoms with Crippen molar-refractivity contribution in [3.8, 4) is 5.75 Å². The second-order valence-electron chi connectivity index (χ2n) is 6.35. The maximum Gasteiger partial charge on any atom is 0.270 e. The number of non-ortho nitro benzene ring substituents is 1. The highest BCUT2D eigenvalue weighted by molar-refractivity contribution is 6.12. The van der Waals surface area contributed by atoms with Crippen molar-refractivity contribution in [2.45, 2.75) is 25.9 Å². The van der Waals surface area contributed by atoms with E-state index in [1.54, 1.807) is 18.2 Å². The van der Waals surface area contributed by atoms with Crippen molar-refractivity contribution in [2.75, 3.05) is 6.54 Å². The summed E-state index contributed by atoms with van der Waals surface area (Å²) in [5.74, 6) is -1.50. The Balaban J connectivity index is 1.93. The summed E-state index contributed by atoms with van der Waals surface area (Å²) in [6, 6.07) is 11.7. The van der Waals surface area contributed by atoms with Crippen LogP contribution in [0.1, 0.15) is 40.5 Å². The Hall–Kier alpha value is -3.55. The standard InChI is InChI=1S/C20H18N2O6/c1-2-6-18-20(25)21(19(24)15-9-3-4-10-17(15)28-18)12-16(23)13-7-5-8-14(11-13)22(26)27/h3-5,7-11,18H,2,6,12H2,1H3. The van der Waals surface area contributed by atoms with Crippen LogP contribution in [0.15, 0.2) is 48.5 Å². The molecule has 1 heterocycles. The molecule has 0 fully saturated rings. The van der Waals surface area contributed by atoms with E-state index in [9.17, 15) is 24.5 Å². The third-order valence-corrected chi connectivity index (χ3v) is 4.40. The van der Waals surface area contributed by atoms with Gasteiger partial charge in [0.2, 0.25) is 0 Å². The van der Waals surface area contributed by atoms with Crippen LogP contribution in [0.2, 0.25) is 0 Å². The third-order valence-electron chi connectivity index (χ3n) is 4.40. The number of nitro benzene ring substituents is 1. The molecule has 3 rings (SSSR count). The molecule has 2 amide bonds. The lowest BCUT2D eigenvalue weighted by Crippen LogP contribution is -2.45. The highest BCUT2D eigenvalue weighted by Crippen LogP contribution is 2.27. The van der Waals surface area contributed by atoms with Gasteiger partial charge in [-0.1, -0.05) is 37.6 Å². The fourth-order valence-corrected chi connectivity index (χ4v) is 2.99. The number of amides is 2. The van der Waals surface area contributed by atoms with Crippen molar-refractivity contribution in [2.24, 2.45) is 0 Å². The first-order valence-electron chi connectivity index (χ1n) is 8.81. The molecule has 28 heavy (non-hydrogen) atoms. The minimum atomic E-state index is -0.879. The van der Waals surface area contributed by atoms with Crippen molar-refractivity contribution in [1.82, 2.24) is 4.90 Å². The van der Waals surface area contributed by atoms with Gasteiger partial charge in [0.15, 0.2) is 11.9 Å². The number of hydrogen-bond acceptors (Lipinski definition) is 6. The van der Waals surface area contributed by atoms with Gasteiger partial charge in [0.1, 0.15) is 5.75 Å². The smallest absolute Gasteiger partial charge is 0.270 e. The molecule has 1 unspecified atom stereocenters. The number of carbonyl (C=O) groups excluding carboxylic acids is 3. The van der Waals surface area contributed by atoms with Gasteiger partial charge in [-0.3, -0.25) is 29.4 Å². The van der Waals surface area contributed by atoms with Gasteiger partial charge in [-0.2, -0.15) is 0 Å². The Morgan fingerprint density at radius 1 is 1.18 bits per heavy atom. The predicted octanol–water partition coefficient (Wildman–Crippen LogP) is 3.01. The molecule has 2 aromatic rings. The average Bonchev–Trinajstić information content (AvgIpc) is 2.79. The molecule has 0 N–H and O–H groups in total. The van der Waals surface area contributed by atoms with E-state index in [1.165, 1.54) is 24.3 Å². The Labute approximate surface area is 160 Å². The van der Waals surface area contributed by atoms with Crippen LogP contribution < -0.4 is 4.74 Å². The fourth-order valence-electron chi connectivity index (χ4n) is 2.99. The van der Waals surface area contributed by atoms with Gasteiger partial charge in [-0.05, 0) is 18.6 Å². The summed E-state index contributed by atoms with van der Waals surface area (Å²) in [4.78, 5) is 49.6. The van der Waals surface area contributed by atoms with Crippen molar-refractivity contribution >= 4 is 23.3 Å². The van der Waals surface area contributed by atoms with Crippen molar-refractivity contribution in [3.05, 3.63) is 69.8 Å². The molecule has 0 bridgehead atoms. The number of Topliss-reactive ketones (excluding diaryl/α,β-unsaturated/α-hetero) is 1. The zero-order chi connectivity index (χ0) is 20.3. The van der Waals surface area contributed by atoms with Crippen LogP contribution in [-0.2, 0) is 4.79 Å². The minimum Gasteiger partial charge on any atom is -0.480 e. The third kappa shape index (κ3) is 3.75. The number of rotatable bonds is 6. The topological polar surface area (TPSA) is 107 Å². The molecule has 0 aliphatic carbocycles. The number of imide groups is 1. The average molecular weight is 382 g/mol. The number of nitrogens with zero attached hydrogens (tertiary/aromatic N) is 2. The highest BCUT2D eigenvalue weighted by Gasteiger charge is 2.37. The zero-order valence-electron chi connectivity index (χ0n) is 15.2. The van der Waals surface area contributed by atoms with Gasteiger partial charge in [0.25, 0.3) is 17.5 Å². The summed E-state index contributed by atoms with van der Waals surface area (Å²) in [5.41, 5.74) is 0.0125. The molecule has 0 spiro atoms. The first-order valence-corrected chi connectivity index (χ1v) is 8.81. The zero-order valence-corrected chi connectivity index (χ0v) is 15.2. The van der Waals surface area contributed by atoms with E-state index in [2.05, 4.69) is 0 Å². The maximum atomic E-state index is 12.9. The van der Waals surface area contributed by atoms with Crippen molar-refractivity contribution < 1.29 is 24.0 Å². The van der Waals surface area contributed by atoms with Crippen LogP contribution in [0, 0.1) is 10.1 Å². The summed E-state index contributed by atoms with van der Waals surface area (Å²) in [6.45, 7) is 1.37. The van der Waals surface area contributed by atoms with Crippen LogP contribution >= 0.6 is 0 Å². The maximum absolute atomic E-state index is 12.9. The summed E-state index contributed by atoms with van der Waals surface area (Å²) in [7, 11) is 0. The van der Waals surface area contributed by atoms with Crippen LogP contribution in [0.4, 0.5) is 5.69 Å². The number of benzene rings is 2. The summed E-state index contributed by atoms with van der Waals surface area (Å²) in [5, 5.41) is 10.9. The molecule has 8 nitrogen and oxygen atoms in total. The van der Waals surface area contributed by atoms with E-state index in [0.717, 1.165) is 11.0 Å². The Morgan fingerprint density at radius 3 is 2.64 bits per heavy atom. The number of hydrogen-bond donors (Lipinski definition) is 0. The number of nitro groups is 1. The largest absolute Gasteiger partial charge is 0.480 e. The highest BCUT2D eigenvalue weighted by atomic mass is 16.6. The molecule has 0 saturated carbocycles.